The zero-order valence-corrected chi connectivity index (χ0v) is 21.3. The van der Waals surface area contributed by atoms with Crippen molar-refractivity contribution < 1.29 is 0 Å². The maximum atomic E-state index is 2.75. The van der Waals surface area contributed by atoms with Gasteiger partial charge in [0, 0.05) is 5.25 Å². The van der Waals surface area contributed by atoms with Crippen LogP contribution in [0.4, 0.5) is 0 Å². The Morgan fingerprint density at radius 2 is 1.55 bits per heavy atom. The Kier molecular flexibility index (Phi) is 6.77. The summed E-state index contributed by atoms with van der Waals surface area (Å²) in [4.78, 5) is 0. The fourth-order valence-corrected chi connectivity index (χ4v) is 10.2. The summed E-state index contributed by atoms with van der Waals surface area (Å²) >= 11 is 2.16. The number of rotatable bonds is 6. The standard InChI is InChI=1S/C28H50S/c1-19(2)8-7-9-20(3)24-12-13-25-23-11-10-21-18-22(29-6)14-16-27(21,4)26(23)15-17-28(24,25)5/h19-26H,7-18H2,1-6H3/t20?,21?,22-,23-,24+,25-,26-,27-,28+/m0/s1. The van der Waals surface area contributed by atoms with Crippen molar-refractivity contribution in [2.45, 2.75) is 117 Å². The van der Waals surface area contributed by atoms with E-state index in [2.05, 4.69) is 52.6 Å². The van der Waals surface area contributed by atoms with Crippen molar-refractivity contribution in [1.29, 1.82) is 0 Å². The van der Waals surface area contributed by atoms with Crippen molar-refractivity contribution >= 4 is 11.8 Å². The zero-order valence-electron chi connectivity index (χ0n) is 20.5. The van der Waals surface area contributed by atoms with E-state index in [4.69, 9.17) is 0 Å². The second-order valence-electron chi connectivity index (χ2n) is 12.8. The molecule has 4 rings (SSSR count). The zero-order chi connectivity index (χ0) is 20.8. The Morgan fingerprint density at radius 1 is 0.828 bits per heavy atom. The Balaban J connectivity index is 1.45. The van der Waals surface area contributed by atoms with Gasteiger partial charge in [0.1, 0.15) is 0 Å². The first-order chi connectivity index (χ1) is 13.8. The van der Waals surface area contributed by atoms with Gasteiger partial charge in [0.25, 0.3) is 0 Å². The molecular weight excluding hydrogens is 368 g/mol. The van der Waals surface area contributed by atoms with E-state index in [1.807, 2.05) is 0 Å². The predicted octanol–water partition coefficient (Wildman–Crippen LogP) is 8.84. The van der Waals surface area contributed by atoms with E-state index >= 15 is 0 Å². The van der Waals surface area contributed by atoms with Gasteiger partial charge in [0.05, 0.1) is 0 Å². The SMILES string of the molecule is CS[C@H]1CC[C@@]2(C)C(CC[C@H]3[C@@H]4CC[C@H](C(C)CCCC(C)C)[C@@]4(C)CC[C@@H]32)C1. The highest BCUT2D eigenvalue weighted by Crippen LogP contribution is 2.68. The molecule has 4 aliphatic rings. The third-order valence-electron chi connectivity index (χ3n) is 11.2. The number of fused-ring (bicyclic) bond motifs is 5. The van der Waals surface area contributed by atoms with E-state index in [9.17, 15) is 0 Å². The molecule has 0 aromatic heterocycles. The fraction of sp³-hybridized carbons (Fsp3) is 1.00. The predicted molar refractivity (Wildman–Crippen MR) is 130 cm³/mol. The Labute approximate surface area is 187 Å². The summed E-state index contributed by atoms with van der Waals surface area (Å²) in [5.74, 6) is 7.04. The van der Waals surface area contributed by atoms with Crippen molar-refractivity contribution in [3.8, 4) is 0 Å². The van der Waals surface area contributed by atoms with Crippen LogP contribution in [-0.2, 0) is 0 Å². The maximum absolute atomic E-state index is 2.75. The lowest BCUT2D eigenvalue weighted by Gasteiger charge is -2.61. The molecule has 0 bridgehead atoms. The summed E-state index contributed by atoms with van der Waals surface area (Å²) in [6.07, 6.45) is 20.6. The van der Waals surface area contributed by atoms with E-state index in [-0.39, 0.29) is 0 Å². The van der Waals surface area contributed by atoms with Crippen LogP contribution < -0.4 is 0 Å². The second kappa shape index (κ2) is 8.71. The summed E-state index contributed by atoms with van der Waals surface area (Å²) in [5.41, 5.74) is 1.34. The van der Waals surface area contributed by atoms with Gasteiger partial charge in [-0.2, -0.15) is 11.8 Å². The molecule has 9 atom stereocenters. The molecule has 4 aliphatic carbocycles. The minimum atomic E-state index is 0.665. The summed E-state index contributed by atoms with van der Waals surface area (Å²) in [6.45, 7) is 12.9. The van der Waals surface area contributed by atoms with Gasteiger partial charge in [0.15, 0.2) is 0 Å². The number of hydrogen-bond donors (Lipinski definition) is 0. The van der Waals surface area contributed by atoms with Gasteiger partial charge in [-0.25, -0.2) is 0 Å². The Morgan fingerprint density at radius 3 is 2.28 bits per heavy atom. The molecule has 0 N–H and O–H groups in total. The Hall–Kier alpha value is 0.350. The van der Waals surface area contributed by atoms with Crippen LogP contribution in [0.15, 0.2) is 0 Å². The normalized spacial score (nSPS) is 48.1. The van der Waals surface area contributed by atoms with Crippen molar-refractivity contribution in [2.24, 2.45) is 52.3 Å². The number of hydrogen-bond acceptors (Lipinski definition) is 1. The largest absolute Gasteiger partial charge is 0.162 e. The second-order valence-corrected chi connectivity index (χ2v) is 14.0. The minimum absolute atomic E-state index is 0.665. The van der Waals surface area contributed by atoms with Crippen LogP contribution in [0.5, 0.6) is 0 Å². The van der Waals surface area contributed by atoms with Gasteiger partial charge in [0.2, 0.25) is 0 Å². The molecule has 4 saturated carbocycles. The van der Waals surface area contributed by atoms with E-state index in [1.54, 1.807) is 38.5 Å². The topological polar surface area (TPSA) is 0 Å². The highest BCUT2D eigenvalue weighted by atomic mass is 32.2. The summed E-state index contributed by atoms with van der Waals surface area (Å²) < 4.78 is 0. The van der Waals surface area contributed by atoms with Crippen LogP contribution in [0.25, 0.3) is 0 Å². The minimum Gasteiger partial charge on any atom is -0.162 e. The average Bonchev–Trinajstić information content (AvgIpc) is 3.04. The van der Waals surface area contributed by atoms with E-state index < -0.39 is 0 Å². The fourth-order valence-electron chi connectivity index (χ4n) is 9.46. The van der Waals surface area contributed by atoms with Gasteiger partial charge in [-0.1, -0.05) is 53.9 Å². The molecule has 0 aromatic rings. The molecule has 168 valence electrons. The van der Waals surface area contributed by atoms with Crippen LogP contribution in [0.3, 0.4) is 0 Å². The van der Waals surface area contributed by atoms with Gasteiger partial charge in [-0.05, 0) is 116 Å². The van der Waals surface area contributed by atoms with Gasteiger partial charge in [-0.3, -0.25) is 0 Å². The molecule has 0 amide bonds. The highest BCUT2D eigenvalue weighted by molar-refractivity contribution is 7.99. The van der Waals surface area contributed by atoms with Crippen molar-refractivity contribution in [2.75, 3.05) is 6.26 Å². The number of thioether (sulfide) groups is 1. The quantitative estimate of drug-likeness (QED) is 0.415. The molecular formula is C28H50S. The first-order valence-corrected chi connectivity index (χ1v) is 14.6. The lowest BCUT2D eigenvalue weighted by Crippen LogP contribution is -2.54. The molecule has 0 aromatic carbocycles. The molecule has 0 nitrogen and oxygen atoms in total. The summed E-state index contributed by atoms with van der Waals surface area (Å²) in [5, 5.41) is 0.959. The molecule has 0 heterocycles. The highest BCUT2D eigenvalue weighted by Gasteiger charge is 2.60. The van der Waals surface area contributed by atoms with Crippen LogP contribution in [0.1, 0.15) is 112 Å². The summed E-state index contributed by atoms with van der Waals surface area (Å²) in [7, 11) is 0. The van der Waals surface area contributed by atoms with Crippen LogP contribution in [0, 0.1) is 52.3 Å². The molecule has 0 aliphatic heterocycles. The molecule has 0 spiro atoms. The maximum Gasteiger partial charge on any atom is 0.00473 e. The Bertz CT molecular complexity index is 555. The van der Waals surface area contributed by atoms with Crippen LogP contribution in [-0.4, -0.2) is 11.5 Å². The van der Waals surface area contributed by atoms with E-state index in [0.29, 0.717) is 10.8 Å². The van der Waals surface area contributed by atoms with Gasteiger partial charge >= 0.3 is 0 Å². The molecule has 4 fully saturated rings. The molecule has 2 unspecified atom stereocenters. The van der Waals surface area contributed by atoms with Gasteiger partial charge < -0.3 is 0 Å². The van der Waals surface area contributed by atoms with E-state index in [0.717, 1.165) is 46.7 Å². The molecule has 0 radical (unpaired) electrons. The summed E-state index contributed by atoms with van der Waals surface area (Å²) in [6, 6.07) is 0. The van der Waals surface area contributed by atoms with Crippen molar-refractivity contribution in [1.82, 2.24) is 0 Å². The van der Waals surface area contributed by atoms with Crippen molar-refractivity contribution in [3.63, 3.8) is 0 Å². The first kappa shape index (κ1) is 22.5. The van der Waals surface area contributed by atoms with Gasteiger partial charge in [-0.15, -0.1) is 0 Å². The lowest BCUT2D eigenvalue weighted by atomic mass is 9.44. The lowest BCUT2D eigenvalue weighted by molar-refractivity contribution is -0.113. The average molecular weight is 419 g/mol. The molecule has 0 saturated heterocycles. The third kappa shape index (κ3) is 3.98. The third-order valence-corrected chi connectivity index (χ3v) is 12.2. The van der Waals surface area contributed by atoms with Crippen molar-refractivity contribution in [3.05, 3.63) is 0 Å². The molecule has 1 heteroatoms. The molecule has 29 heavy (non-hydrogen) atoms. The first-order valence-electron chi connectivity index (χ1n) is 13.3. The smallest absolute Gasteiger partial charge is 0.00473 e. The van der Waals surface area contributed by atoms with E-state index in [1.165, 1.54) is 38.5 Å². The monoisotopic (exact) mass is 418 g/mol. The van der Waals surface area contributed by atoms with Crippen LogP contribution >= 0.6 is 11.8 Å². The van der Waals surface area contributed by atoms with Crippen LogP contribution in [0.2, 0.25) is 0 Å².